The third-order valence-electron chi connectivity index (χ3n) is 3.17. The van der Waals surface area contributed by atoms with E-state index < -0.39 is 10.2 Å². The maximum Gasteiger partial charge on any atom is 0 e. The van der Waals surface area contributed by atoms with E-state index in [4.69, 9.17) is 18.6 Å². The van der Waals surface area contributed by atoms with Crippen LogP contribution in [0.25, 0.3) is 0 Å². The van der Waals surface area contributed by atoms with Crippen LogP contribution in [0.15, 0.2) is 85.0 Å². The minimum Gasteiger partial charge on any atom is -0.222 e. The minimum absolute atomic E-state index is 0. The average molecular weight is 497 g/mol. The molecule has 4 nitrogen and oxygen atoms in total. The third-order valence-corrected chi connectivity index (χ3v) is 4.41. The summed E-state index contributed by atoms with van der Waals surface area (Å²) in [5.74, 6) is 0. The third kappa shape index (κ3) is 18.2. The van der Waals surface area contributed by atoms with Crippen molar-refractivity contribution >= 4 is 19.2 Å². The number of rotatable bonds is 2. The number of allylic oxidation sites excluding steroid dienone is 4. The molecule has 0 heterocycles. The van der Waals surface area contributed by atoms with E-state index in [1.54, 1.807) is 0 Å². The Kier molecular flexibility index (Phi) is 15.6. The van der Waals surface area contributed by atoms with Gasteiger partial charge in [-0.1, -0.05) is 93.5 Å². The predicted molar refractivity (Wildman–Crippen MR) is 97.2 cm³/mol. The van der Waals surface area contributed by atoms with Crippen molar-refractivity contribution in [2.45, 2.75) is 25.7 Å². The molecule has 2 aromatic rings. The summed E-state index contributed by atoms with van der Waals surface area (Å²) >= 11 is 0. The normalized spacial score (nSPS) is 12.9. The van der Waals surface area contributed by atoms with E-state index in [0.717, 1.165) is 8.58 Å². The SMILES string of the molecule is C1=CCCC=CCC1.[O-][Cl+3]([O-])([O-])[O-].[Rh].c1ccc(Pc2ccccc2)cc1. The van der Waals surface area contributed by atoms with Gasteiger partial charge in [-0.2, -0.15) is 0 Å². The first-order chi connectivity index (χ1) is 12.4. The molecule has 1 aliphatic carbocycles. The van der Waals surface area contributed by atoms with Crippen molar-refractivity contribution in [3.63, 3.8) is 0 Å². The van der Waals surface area contributed by atoms with Gasteiger partial charge in [0, 0.05) is 19.5 Å². The van der Waals surface area contributed by atoms with Crippen molar-refractivity contribution in [3.05, 3.63) is 85.0 Å². The van der Waals surface area contributed by atoms with Crippen molar-refractivity contribution in [1.82, 2.24) is 0 Å². The summed E-state index contributed by atoms with van der Waals surface area (Å²) in [7, 11) is -4.17. The molecule has 0 spiro atoms. The fraction of sp³-hybridized carbons (Fsp3) is 0.200. The van der Waals surface area contributed by atoms with Gasteiger partial charge in [-0.15, -0.1) is 10.2 Å². The van der Waals surface area contributed by atoms with Gasteiger partial charge in [0.25, 0.3) is 0 Å². The van der Waals surface area contributed by atoms with Crippen LogP contribution < -0.4 is 29.2 Å². The molecular formula is C20H23ClO4PRh-. The molecule has 0 aromatic heterocycles. The van der Waals surface area contributed by atoms with Crippen LogP contribution in [0, 0.1) is 10.2 Å². The summed E-state index contributed by atoms with van der Waals surface area (Å²) in [5.41, 5.74) is 0. The van der Waals surface area contributed by atoms with Gasteiger partial charge in [0.15, 0.2) is 0 Å². The maximum absolute atomic E-state index is 8.49. The smallest absolute Gasteiger partial charge is 0 e. The summed E-state index contributed by atoms with van der Waals surface area (Å²) in [5, 5.41) is 2.79. The van der Waals surface area contributed by atoms with Crippen LogP contribution in [0.3, 0.4) is 0 Å². The van der Waals surface area contributed by atoms with Gasteiger partial charge in [-0.05, 0) is 36.3 Å². The van der Waals surface area contributed by atoms with Gasteiger partial charge < -0.3 is 0 Å². The van der Waals surface area contributed by atoms with E-state index in [2.05, 4.69) is 85.0 Å². The molecule has 0 atom stereocenters. The quantitative estimate of drug-likeness (QED) is 0.338. The van der Waals surface area contributed by atoms with Gasteiger partial charge in [0.2, 0.25) is 0 Å². The Morgan fingerprint density at radius 1 is 0.556 bits per heavy atom. The van der Waals surface area contributed by atoms with E-state index >= 15 is 0 Å². The summed E-state index contributed by atoms with van der Waals surface area (Å²) in [6, 6.07) is 21.2. The Morgan fingerprint density at radius 2 is 0.815 bits per heavy atom. The second-order valence-electron chi connectivity index (χ2n) is 5.33. The fourth-order valence-electron chi connectivity index (χ4n) is 2.07. The van der Waals surface area contributed by atoms with Gasteiger partial charge in [0.1, 0.15) is 0 Å². The van der Waals surface area contributed by atoms with Gasteiger partial charge >= 0.3 is 0 Å². The first-order valence-electron chi connectivity index (χ1n) is 8.24. The molecule has 0 aliphatic heterocycles. The molecule has 0 amide bonds. The summed E-state index contributed by atoms with van der Waals surface area (Å²) in [6.07, 6.45) is 14.0. The first-order valence-corrected chi connectivity index (χ1v) is 10.5. The van der Waals surface area contributed by atoms with Crippen LogP contribution in [-0.2, 0) is 19.5 Å². The molecule has 0 unspecified atom stereocenters. The van der Waals surface area contributed by atoms with E-state index in [-0.39, 0.29) is 19.5 Å². The van der Waals surface area contributed by atoms with Crippen LogP contribution in [0.5, 0.6) is 0 Å². The molecule has 3 rings (SSSR count). The van der Waals surface area contributed by atoms with Crippen molar-refractivity contribution < 1.29 is 48.4 Å². The molecule has 0 bridgehead atoms. The zero-order chi connectivity index (χ0) is 19.1. The molecule has 27 heavy (non-hydrogen) atoms. The molecular weight excluding hydrogens is 474 g/mol. The van der Waals surface area contributed by atoms with E-state index in [1.165, 1.54) is 36.3 Å². The van der Waals surface area contributed by atoms with Crippen LogP contribution in [0.1, 0.15) is 25.7 Å². The molecule has 149 valence electrons. The Morgan fingerprint density at radius 3 is 1.07 bits per heavy atom. The number of benzene rings is 2. The van der Waals surface area contributed by atoms with Crippen molar-refractivity contribution in [2.75, 3.05) is 0 Å². The Balaban J connectivity index is 0.000000417. The molecule has 2 aromatic carbocycles. The predicted octanol–water partition coefficient (Wildman–Crippen LogP) is 0.230. The maximum atomic E-state index is 8.49. The van der Waals surface area contributed by atoms with Crippen molar-refractivity contribution in [2.24, 2.45) is 0 Å². The van der Waals surface area contributed by atoms with Crippen LogP contribution >= 0.6 is 8.58 Å². The van der Waals surface area contributed by atoms with Crippen molar-refractivity contribution in [1.29, 1.82) is 0 Å². The fourth-order valence-corrected chi connectivity index (χ4v) is 3.12. The Bertz CT molecular complexity index is 577. The largest absolute Gasteiger partial charge is 0.222 e. The molecule has 1 aliphatic rings. The zero-order valence-electron chi connectivity index (χ0n) is 14.8. The van der Waals surface area contributed by atoms with E-state index in [0.29, 0.717) is 0 Å². The standard InChI is InChI=1S/C12H11P.C8H12.ClHO4.Rh/c1-3-7-11(8-4-1)13-12-9-5-2-6-10-12;1-2-4-6-8-7-5-3-1;2-1(3,4)5;/h1-10,13H;1-2,7-8H,3-6H2;(H,2,3,4,5);/p-1. The summed E-state index contributed by atoms with van der Waals surface area (Å²) in [4.78, 5) is 0. The molecule has 0 saturated carbocycles. The second kappa shape index (κ2) is 16.1. The number of halogens is 1. The second-order valence-corrected chi connectivity index (χ2v) is 7.49. The topological polar surface area (TPSA) is 92.2 Å². The van der Waals surface area contributed by atoms with Gasteiger partial charge in [0.05, 0.1) is 0 Å². The van der Waals surface area contributed by atoms with Gasteiger partial charge in [-0.25, -0.2) is 18.6 Å². The average Bonchev–Trinajstić information content (AvgIpc) is 2.55. The summed E-state index contributed by atoms with van der Waals surface area (Å²) < 4.78 is 34.0. The number of hydrogen-bond acceptors (Lipinski definition) is 4. The van der Waals surface area contributed by atoms with Crippen LogP contribution in [0.4, 0.5) is 0 Å². The monoisotopic (exact) mass is 496 g/mol. The molecule has 0 saturated heterocycles. The van der Waals surface area contributed by atoms with Crippen LogP contribution in [-0.4, -0.2) is 0 Å². The number of hydrogen-bond donors (Lipinski definition) is 0. The molecule has 0 fully saturated rings. The van der Waals surface area contributed by atoms with E-state index in [9.17, 15) is 0 Å². The van der Waals surface area contributed by atoms with Crippen LogP contribution in [0.2, 0.25) is 0 Å². The molecule has 0 N–H and O–H groups in total. The van der Waals surface area contributed by atoms with Crippen molar-refractivity contribution in [3.8, 4) is 0 Å². The Labute approximate surface area is 177 Å². The first kappa shape index (κ1) is 26.1. The summed E-state index contributed by atoms with van der Waals surface area (Å²) in [6.45, 7) is 0. The molecule has 1 radical (unpaired) electrons. The Hall–Kier alpha value is -0.897. The zero-order valence-corrected chi connectivity index (χ0v) is 18.2. The minimum atomic E-state index is -4.94. The molecule has 7 heteroatoms. The van der Waals surface area contributed by atoms with Gasteiger partial charge in [-0.3, -0.25) is 0 Å². The van der Waals surface area contributed by atoms with E-state index in [1.807, 2.05) is 0 Å².